The molecule has 15 nitrogen and oxygen atoms in total. The summed E-state index contributed by atoms with van der Waals surface area (Å²) >= 11 is 2.22. The summed E-state index contributed by atoms with van der Waals surface area (Å²) in [6.07, 6.45) is 1.83. The van der Waals surface area contributed by atoms with Gasteiger partial charge in [-0.2, -0.15) is 0 Å². The van der Waals surface area contributed by atoms with E-state index in [0.717, 1.165) is 46.9 Å². The third-order valence-electron chi connectivity index (χ3n) is 8.22. The Morgan fingerprint density at radius 3 is 2.57 bits per heavy atom. The number of nitrogens with one attached hydrogen (secondary N) is 1. The minimum atomic E-state index is -1.67. The number of pyridine rings is 1. The molecule has 5 heterocycles. The van der Waals surface area contributed by atoms with Crippen molar-refractivity contribution in [3.8, 4) is 0 Å². The number of benzene rings is 1. The van der Waals surface area contributed by atoms with E-state index >= 15 is 0 Å². The molecule has 2 atom stereocenters. The molecule has 3 N–H and O–H groups in total. The molecule has 2 aromatic heterocycles. The number of carboxylic acid groups (broad SMARTS) is 1. The minimum absolute atomic E-state index is 0. The number of halogens is 1. The van der Waals surface area contributed by atoms with Crippen molar-refractivity contribution in [1.82, 2.24) is 19.8 Å². The summed E-state index contributed by atoms with van der Waals surface area (Å²) in [4.78, 5) is 76.4. The number of β-lactam (4-membered cyclic amide) rings is 1. The Hall–Kier alpha value is -3.97. The smallest absolute Gasteiger partial charge is 0.543 e. The number of ether oxygens (including phenoxy) is 1. The first-order chi connectivity index (χ1) is 23.0. The molecule has 2 fully saturated rings. The molecular formula is C30H29FN7NaO8S2. The average molecular weight is 722 g/mol. The third-order valence-corrected chi connectivity index (χ3v) is 10.2. The second kappa shape index (κ2) is 14.9. The van der Waals surface area contributed by atoms with Gasteiger partial charge in [0.05, 0.1) is 22.9 Å². The first-order valence-corrected chi connectivity index (χ1v) is 16.8. The van der Waals surface area contributed by atoms with Crippen LogP contribution in [0.4, 0.5) is 15.2 Å². The van der Waals surface area contributed by atoms with Gasteiger partial charge in [-0.1, -0.05) is 5.16 Å². The summed E-state index contributed by atoms with van der Waals surface area (Å²) in [5.74, 6) is -4.59. The number of anilines is 2. The summed E-state index contributed by atoms with van der Waals surface area (Å²) in [6.45, 7) is 2.84. The van der Waals surface area contributed by atoms with Crippen LogP contribution in [-0.2, 0) is 30.5 Å². The fourth-order valence-electron chi connectivity index (χ4n) is 6.00. The number of carbonyl (C=O) groups is 4. The first-order valence-electron chi connectivity index (χ1n) is 14.8. The number of carboxylic acids is 1. The number of aliphatic carboxylic acids is 1. The Balaban J connectivity index is 0.00000468. The Kier molecular flexibility index (Phi) is 11.0. The van der Waals surface area contributed by atoms with Crippen molar-refractivity contribution in [2.24, 2.45) is 5.16 Å². The van der Waals surface area contributed by atoms with Crippen LogP contribution in [0.1, 0.15) is 35.9 Å². The number of thioether (sulfide) groups is 1. The molecule has 3 aliphatic rings. The Labute approximate surface area is 308 Å². The summed E-state index contributed by atoms with van der Waals surface area (Å²) in [7, 11) is 1.23. The number of hydrogen-bond donors (Lipinski definition) is 2. The van der Waals surface area contributed by atoms with Gasteiger partial charge in [0.1, 0.15) is 42.3 Å². The van der Waals surface area contributed by atoms with E-state index in [2.05, 4.69) is 15.5 Å². The van der Waals surface area contributed by atoms with E-state index in [0.29, 0.717) is 24.3 Å². The quantitative estimate of drug-likeness (QED) is 0.0729. The van der Waals surface area contributed by atoms with E-state index in [1.807, 2.05) is 4.90 Å². The minimum Gasteiger partial charge on any atom is -0.543 e. The van der Waals surface area contributed by atoms with Crippen LogP contribution in [0.25, 0.3) is 10.9 Å². The van der Waals surface area contributed by atoms with Gasteiger partial charge in [0.25, 0.3) is 11.8 Å². The predicted octanol–water partition coefficient (Wildman–Crippen LogP) is -2.59. The van der Waals surface area contributed by atoms with E-state index in [1.165, 1.54) is 18.6 Å². The number of nitrogen functional groups attached to an aromatic ring is 1. The topological polar surface area (TPSA) is 202 Å². The van der Waals surface area contributed by atoms with Crippen molar-refractivity contribution in [3.05, 3.63) is 62.3 Å². The van der Waals surface area contributed by atoms with E-state index in [9.17, 15) is 33.5 Å². The van der Waals surface area contributed by atoms with Gasteiger partial charge in [-0.15, -0.1) is 23.1 Å². The Bertz CT molecular complexity index is 1980. The number of oxime groups is 1. The van der Waals surface area contributed by atoms with E-state index < -0.39 is 58.7 Å². The summed E-state index contributed by atoms with van der Waals surface area (Å²) in [5.41, 5.74) is 5.22. The number of aryl methyl sites for hydroxylation is 1. The maximum atomic E-state index is 15.0. The molecule has 0 bridgehead atoms. The monoisotopic (exact) mass is 721 g/mol. The molecule has 2 amide bonds. The van der Waals surface area contributed by atoms with Crippen molar-refractivity contribution in [3.63, 3.8) is 0 Å². The van der Waals surface area contributed by atoms with Crippen LogP contribution in [0.3, 0.4) is 0 Å². The summed E-state index contributed by atoms with van der Waals surface area (Å²) < 4.78 is 22.0. The van der Waals surface area contributed by atoms with Gasteiger partial charge in [-0.25, -0.2) is 14.2 Å². The van der Waals surface area contributed by atoms with Gasteiger partial charge in [0.2, 0.25) is 0 Å². The molecule has 0 aliphatic carbocycles. The number of fused-ring (bicyclic) bond motifs is 2. The van der Waals surface area contributed by atoms with Crippen molar-refractivity contribution in [2.75, 3.05) is 43.2 Å². The fourth-order valence-corrected chi connectivity index (χ4v) is 7.88. The van der Waals surface area contributed by atoms with Crippen LogP contribution < -0.4 is 56.0 Å². The molecule has 3 aliphatic heterocycles. The second-order valence-electron chi connectivity index (χ2n) is 11.0. The van der Waals surface area contributed by atoms with Crippen LogP contribution >= 0.6 is 23.1 Å². The molecule has 49 heavy (non-hydrogen) atoms. The predicted molar refractivity (Wildman–Crippen MR) is 173 cm³/mol. The zero-order chi connectivity index (χ0) is 34.3. The summed E-state index contributed by atoms with van der Waals surface area (Å²) in [5, 5.41) is 19.5. The average Bonchev–Trinajstić information content (AvgIpc) is 3.76. The molecule has 0 unspecified atom stereocenters. The Morgan fingerprint density at radius 1 is 1.20 bits per heavy atom. The largest absolute Gasteiger partial charge is 1.00 e. The first kappa shape index (κ1) is 36.3. The van der Waals surface area contributed by atoms with Crippen molar-refractivity contribution in [2.45, 2.75) is 37.7 Å². The standard InChI is InChI=1S/C30H30FN7O8S2.Na/c1-3-37-18-9-19(36-6-4-5-7-36)16(31)8-15(18)21(39)10-20(37)29(44)46-11-14-12-47-27-23(26(41)38(27)24(14)28(42)43)34-25(40)22(35-45-2)17-13-48-30(32)33-17;/h8-10,13,23,27H,3-7,11-12H2,1-2H3,(H2,32,33)(H,34,40)(H,42,43);/q;+1/p-1/t23-,27-;/m1./s1. The SMILES string of the molecule is CCn1c(C(=O)OCC2=C(C(=O)[O-])N3C(=O)[C@@H](NC(=O)C(=NOC)c4csc(N)n4)[C@H]3SC2)cc(=O)c2cc(F)c(N3CCCC3)cc21.[Na+]. The van der Waals surface area contributed by atoms with Crippen molar-refractivity contribution >= 4 is 74.3 Å². The van der Waals surface area contributed by atoms with Crippen LogP contribution in [0.2, 0.25) is 0 Å². The number of rotatable bonds is 10. The van der Waals surface area contributed by atoms with Gasteiger partial charge in [-0.05, 0) is 31.9 Å². The third kappa shape index (κ3) is 6.79. The molecule has 0 saturated carbocycles. The maximum Gasteiger partial charge on any atom is 1.00 e. The van der Waals surface area contributed by atoms with Gasteiger partial charge in [-0.3, -0.25) is 19.3 Å². The van der Waals surface area contributed by atoms with Gasteiger partial charge in [0.15, 0.2) is 16.3 Å². The molecule has 19 heteroatoms. The molecule has 1 aromatic carbocycles. The van der Waals surface area contributed by atoms with Crippen LogP contribution in [0.15, 0.2) is 44.8 Å². The molecular weight excluding hydrogens is 692 g/mol. The zero-order valence-corrected chi connectivity index (χ0v) is 30.3. The molecule has 0 spiro atoms. The van der Waals surface area contributed by atoms with Crippen LogP contribution in [0.5, 0.6) is 0 Å². The number of aromatic nitrogens is 2. The molecule has 6 rings (SSSR count). The zero-order valence-electron chi connectivity index (χ0n) is 26.7. The van der Waals surface area contributed by atoms with Gasteiger partial charge < -0.3 is 40.0 Å². The number of hydrogen-bond acceptors (Lipinski definition) is 14. The molecule has 0 radical (unpaired) electrons. The molecule has 252 valence electrons. The number of carbonyl (C=O) groups excluding carboxylic acids is 4. The van der Waals surface area contributed by atoms with E-state index in [-0.39, 0.29) is 75.0 Å². The van der Waals surface area contributed by atoms with Crippen molar-refractivity contribution in [1.29, 1.82) is 0 Å². The second-order valence-corrected chi connectivity index (χ2v) is 13.0. The number of nitrogens with two attached hydrogens (primary N) is 1. The van der Waals surface area contributed by atoms with Crippen LogP contribution in [-0.4, -0.2) is 87.9 Å². The van der Waals surface area contributed by atoms with Crippen molar-refractivity contribution < 1.29 is 67.8 Å². The summed E-state index contributed by atoms with van der Waals surface area (Å²) in [6, 6.07) is 2.70. The fraction of sp³-hybridized carbons (Fsp3) is 0.367. The number of amides is 2. The van der Waals surface area contributed by atoms with Gasteiger partial charge in [0, 0.05) is 47.8 Å². The number of nitrogens with zero attached hydrogens (tertiary/aromatic N) is 5. The maximum absolute atomic E-state index is 15.0. The normalized spacial score (nSPS) is 18.9. The van der Waals surface area contributed by atoms with Crippen LogP contribution in [0, 0.1) is 5.82 Å². The number of esters is 1. The Morgan fingerprint density at radius 2 is 1.94 bits per heavy atom. The van der Waals surface area contributed by atoms with Gasteiger partial charge >= 0.3 is 35.5 Å². The van der Waals surface area contributed by atoms with E-state index in [1.54, 1.807) is 17.6 Å². The molecule has 2 saturated heterocycles. The van der Waals surface area contributed by atoms with E-state index in [4.69, 9.17) is 15.3 Å². The number of thiazole rings is 1. The molecule has 3 aromatic rings.